The Bertz CT molecular complexity index is 824. The molecule has 0 amide bonds. The molecule has 3 rings (SSSR count). The van der Waals surface area contributed by atoms with E-state index in [1.165, 1.54) is 0 Å². The third-order valence-corrected chi connectivity index (χ3v) is 3.25. The number of benzene rings is 1. The average Bonchev–Trinajstić information content (AvgIpc) is 2.76. The van der Waals surface area contributed by atoms with Gasteiger partial charge in [-0.25, -0.2) is 13.8 Å². The van der Waals surface area contributed by atoms with E-state index in [-0.39, 0.29) is 34.4 Å². The Morgan fingerprint density at radius 3 is 2.48 bits per heavy atom. The Balaban J connectivity index is 2.11. The summed E-state index contributed by atoms with van der Waals surface area (Å²) in [7, 11) is 0. The molecule has 0 spiro atoms. The first-order valence-electron chi connectivity index (χ1n) is 5.85. The van der Waals surface area contributed by atoms with Crippen LogP contribution in [0.3, 0.4) is 0 Å². The van der Waals surface area contributed by atoms with Gasteiger partial charge in [-0.05, 0) is 12.1 Å². The van der Waals surface area contributed by atoms with Crippen molar-refractivity contribution in [1.29, 1.82) is 0 Å². The molecule has 0 saturated heterocycles. The van der Waals surface area contributed by atoms with Crippen LogP contribution in [0.15, 0.2) is 12.1 Å². The summed E-state index contributed by atoms with van der Waals surface area (Å²) in [4.78, 5) is 7.69. The van der Waals surface area contributed by atoms with Crippen molar-refractivity contribution >= 4 is 34.3 Å². The summed E-state index contributed by atoms with van der Waals surface area (Å²) in [6.07, 6.45) is -0.0958. The lowest BCUT2D eigenvalue weighted by Gasteiger charge is -2.05. The third-order valence-electron chi connectivity index (χ3n) is 2.98. The maximum atomic E-state index is 13.8. The predicted molar refractivity (Wildman–Crippen MR) is 74.7 cm³/mol. The molecule has 1 aromatic carbocycles. The van der Waals surface area contributed by atoms with Crippen molar-refractivity contribution < 1.29 is 8.78 Å². The topological polar surface area (TPSA) is 106 Å². The van der Waals surface area contributed by atoms with Crippen molar-refractivity contribution in [3.05, 3.63) is 40.2 Å². The van der Waals surface area contributed by atoms with Gasteiger partial charge in [-0.2, -0.15) is 10.1 Å². The summed E-state index contributed by atoms with van der Waals surface area (Å²) in [5, 5.41) is 6.99. The number of nitrogen functional groups attached to an aromatic ring is 2. The van der Waals surface area contributed by atoms with Gasteiger partial charge in [0.1, 0.15) is 16.8 Å². The minimum atomic E-state index is -0.747. The zero-order chi connectivity index (χ0) is 15.1. The summed E-state index contributed by atoms with van der Waals surface area (Å²) in [5.74, 6) is -1.53. The van der Waals surface area contributed by atoms with Crippen molar-refractivity contribution in [2.45, 2.75) is 6.42 Å². The van der Waals surface area contributed by atoms with Gasteiger partial charge >= 0.3 is 0 Å². The number of fused-ring (bicyclic) bond motifs is 1. The van der Waals surface area contributed by atoms with Gasteiger partial charge in [0.05, 0.1) is 11.1 Å². The Morgan fingerprint density at radius 1 is 1.14 bits per heavy atom. The molecule has 2 heterocycles. The first kappa shape index (κ1) is 13.5. The largest absolute Gasteiger partial charge is 0.399 e. The highest BCUT2D eigenvalue weighted by molar-refractivity contribution is 6.34. The Hall–Kier alpha value is -2.48. The lowest BCUT2D eigenvalue weighted by Crippen LogP contribution is -2.01. The van der Waals surface area contributed by atoms with Crippen molar-refractivity contribution in [2.24, 2.45) is 0 Å². The maximum absolute atomic E-state index is 13.8. The molecule has 0 aliphatic heterocycles. The maximum Gasteiger partial charge on any atom is 0.223 e. The molecule has 0 bridgehead atoms. The SMILES string of the molecule is Nc1cc(F)c(Cc2[nH]nc3nc(N)nc(Cl)c23)c(F)c1. The summed E-state index contributed by atoms with van der Waals surface area (Å²) in [5.41, 5.74) is 11.3. The Morgan fingerprint density at radius 2 is 1.81 bits per heavy atom. The van der Waals surface area contributed by atoms with Crippen LogP contribution in [0.2, 0.25) is 5.15 Å². The number of aromatic nitrogens is 4. The van der Waals surface area contributed by atoms with Crippen LogP contribution in [0, 0.1) is 11.6 Å². The molecule has 5 N–H and O–H groups in total. The molecular weight excluding hydrogens is 302 g/mol. The molecule has 0 unspecified atom stereocenters. The van der Waals surface area contributed by atoms with Crippen LogP contribution < -0.4 is 11.5 Å². The summed E-state index contributed by atoms with van der Waals surface area (Å²) < 4.78 is 27.7. The zero-order valence-electron chi connectivity index (χ0n) is 10.5. The molecule has 6 nitrogen and oxygen atoms in total. The number of nitrogens with one attached hydrogen (secondary N) is 1. The first-order chi connectivity index (χ1) is 9.95. The number of aromatic amines is 1. The smallest absolute Gasteiger partial charge is 0.223 e. The summed E-state index contributed by atoms with van der Waals surface area (Å²) >= 11 is 5.98. The molecule has 108 valence electrons. The van der Waals surface area contributed by atoms with Gasteiger partial charge in [-0.3, -0.25) is 5.10 Å². The van der Waals surface area contributed by atoms with E-state index in [1.807, 2.05) is 0 Å². The van der Waals surface area contributed by atoms with Gasteiger partial charge < -0.3 is 11.5 Å². The second-order valence-electron chi connectivity index (χ2n) is 4.41. The van der Waals surface area contributed by atoms with Crippen molar-refractivity contribution in [1.82, 2.24) is 20.2 Å². The molecule has 0 radical (unpaired) electrons. The number of hydrogen-bond acceptors (Lipinski definition) is 5. The molecule has 0 aliphatic rings. The zero-order valence-corrected chi connectivity index (χ0v) is 11.2. The van der Waals surface area contributed by atoms with E-state index in [1.54, 1.807) is 0 Å². The second-order valence-corrected chi connectivity index (χ2v) is 4.77. The van der Waals surface area contributed by atoms with E-state index in [2.05, 4.69) is 20.2 Å². The third kappa shape index (κ3) is 2.33. The minimum absolute atomic E-state index is 0.0114. The van der Waals surface area contributed by atoms with Gasteiger partial charge in [0.2, 0.25) is 5.95 Å². The lowest BCUT2D eigenvalue weighted by molar-refractivity contribution is 0.561. The highest BCUT2D eigenvalue weighted by Crippen LogP contribution is 2.27. The van der Waals surface area contributed by atoms with E-state index in [9.17, 15) is 8.78 Å². The number of hydrogen-bond donors (Lipinski definition) is 3. The molecule has 21 heavy (non-hydrogen) atoms. The van der Waals surface area contributed by atoms with E-state index < -0.39 is 11.6 Å². The van der Waals surface area contributed by atoms with Crippen LogP contribution in [0.4, 0.5) is 20.4 Å². The van der Waals surface area contributed by atoms with Crippen molar-refractivity contribution in [3.8, 4) is 0 Å². The number of nitrogens with two attached hydrogens (primary N) is 2. The normalized spacial score (nSPS) is 11.2. The van der Waals surface area contributed by atoms with Gasteiger partial charge in [0, 0.05) is 17.7 Å². The molecule has 2 aromatic heterocycles. The molecule has 9 heteroatoms. The van der Waals surface area contributed by atoms with Crippen LogP contribution in [0.5, 0.6) is 0 Å². The number of halogens is 3. The molecule has 0 aliphatic carbocycles. The average molecular weight is 311 g/mol. The first-order valence-corrected chi connectivity index (χ1v) is 6.23. The van der Waals surface area contributed by atoms with Gasteiger partial charge in [-0.1, -0.05) is 11.6 Å². The van der Waals surface area contributed by atoms with E-state index in [0.717, 1.165) is 12.1 Å². The van der Waals surface area contributed by atoms with Crippen LogP contribution in [-0.2, 0) is 6.42 Å². The molecule has 3 aromatic rings. The van der Waals surface area contributed by atoms with E-state index >= 15 is 0 Å². The fourth-order valence-electron chi connectivity index (χ4n) is 2.05. The fraction of sp³-hybridized carbons (Fsp3) is 0.0833. The van der Waals surface area contributed by atoms with Gasteiger partial charge in [-0.15, -0.1) is 0 Å². The summed E-state index contributed by atoms with van der Waals surface area (Å²) in [6, 6.07) is 2.10. The second kappa shape index (κ2) is 4.81. The molecular formula is C12H9ClF2N6. The fourth-order valence-corrected chi connectivity index (χ4v) is 2.34. The van der Waals surface area contributed by atoms with Crippen molar-refractivity contribution in [3.63, 3.8) is 0 Å². The standard InChI is InChI=1S/C12H9ClF2N6/c13-10-9-8(20-21-11(9)19-12(17)18-10)3-5-6(14)1-4(16)2-7(5)15/h1-2H,3,16H2,(H3,17,18,19,20,21). The van der Waals surface area contributed by atoms with Crippen LogP contribution >= 0.6 is 11.6 Å². The highest BCUT2D eigenvalue weighted by Gasteiger charge is 2.17. The lowest BCUT2D eigenvalue weighted by atomic mass is 10.1. The number of rotatable bonds is 2. The quantitative estimate of drug-likeness (QED) is 0.496. The van der Waals surface area contributed by atoms with Gasteiger partial charge in [0.25, 0.3) is 0 Å². The van der Waals surface area contributed by atoms with E-state index in [4.69, 9.17) is 23.1 Å². The van der Waals surface area contributed by atoms with Crippen LogP contribution in [0.25, 0.3) is 11.0 Å². The Kier molecular flexibility index (Phi) is 3.09. The van der Waals surface area contributed by atoms with Crippen molar-refractivity contribution in [2.75, 3.05) is 11.5 Å². The minimum Gasteiger partial charge on any atom is -0.399 e. The highest BCUT2D eigenvalue weighted by atomic mass is 35.5. The summed E-state index contributed by atoms with van der Waals surface area (Å²) in [6.45, 7) is 0. The monoisotopic (exact) mass is 310 g/mol. The van der Waals surface area contributed by atoms with E-state index in [0.29, 0.717) is 11.1 Å². The number of nitrogens with zero attached hydrogens (tertiary/aromatic N) is 3. The predicted octanol–water partition coefficient (Wildman–Crippen LogP) is 2.04. The molecule has 0 fully saturated rings. The van der Waals surface area contributed by atoms with Gasteiger partial charge in [0.15, 0.2) is 5.65 Å². The van der Waals surface area contributed by atoms with Crippen LogP contribution in [0.1, 0.15) is 11.3 Å². The molecule has 0 atom stereocenters. The number of H-pyrrole nitrogens is 1. The Labute approximate surface area is 122 Å². The molecule has 0 saturated carbocycles. The van der Waals surface area contributed by atoms with Crippen LogP contribution in [-0.4, -0.2) is 20.2 Å². The number of anilines is 2.